The van der Waals surface area contributed by atoms with Gasteiger partial charge in [0.1, 0.15) is 6.04 Å². The van der Waals surface area contributed by atoms with Crippen LogP contribution in [0.25, 0.3) is 0 Å². The van der Waals surface area contributed by atoms with Gasteiger partial charge in [-0.3, -0.25) is 10.1 Å². The average molecular weight is 310 g/mol. The SMILES string of the molecule is Cc1ccc([N+](=O)[O-])cc1S(=O)(=O)N1CCNCC1C#N. The van der Waals surface area contributed by atoms with Crippen molar-refractivity contribution in [2.45, 2.75) is 17.9 Å². The van der Waals surface area contributed by atoms with Crippen LogP contribution in [0.1, 0.15) is 5.56 Å². The zero-order valence-electron chi connectivity index (χ0n) is 11.3. The molecule has 1 atom stereocenters. The predicted molar refractivity (Wildman–Crippen MR) is 74.0 cm³/mol. The van der Waals surface area contributed by atoms with Crippen molar-refractivity contribution in [2.24, 2.45) is 0 Å². The summed E-state index contributed by atoms with van der Waals surface area (Å²) < 4.78 is 26.4. The molecule has 1 unspecified atom stereocenters. The van der Waals surface area contributed by atoms with Crippen LogP contribution < -0.4 is 5.32 Å². The molecule has 1 fully saturated rings. The number of sulfonamides is 1. The number of rotatable bonds is 3. The number of non-ortho nitro benzene ring substituents is 1. The van der Waals surface area contributed by atoms with E-state index >= 15 is 0 Å². The van der Waals surface area contributed by atoms with Gasteiger partial charge in [-0.2, -0.15) is 9.57 Å². The molecule has 1 aromatic carbocycles. The van der Waals surface area contributed by atoms with Crippen LogP contribution in [-0.4, -0.2) is 43.3 Å². The first-order chi connectivity index (χ1) is 9.87. The highest BCUT2D eigenvalue weighted by Gasteiger charge is 2.35. The second-order valence-electron chi connectivity index (χ2n) is 4.67. The molecule has 0 saturated carbocycles. The highest BCUT2D eigenvalue weighted by molar-refractivity contribution is 7.89. The van der Waals surface area contributed by atoms with Crippen LogP contribution in [-0.2, 0) is 10.0 Å². The van der Waals surface area contributed by atoms with Crippen molar-refractivity contribution in [1.82, 2.24) is 9.62 Å². The molecular weight excluding hydrogens is 296 g/mol. The lowest BCUT2D eigenvalue weighted by Gasteiger charge is -2.31. The van der Waals surface area contributed by atoms with E-state index in [4.69, 9.17) is 5.26 Å². The van der Waals surface area contributed by atoms with Gasteiger partial charge in [0.2, 0.25) is 10.0 Å². The molecule has 1 N–H and O–H groups in total. The number of nitriles is 1. The molecule has 9 heteroatoms. The molecule has 1 aliphatic rings. The molecule has 112 valence electrons. The van der Waals surface area contributed by atoms with E-state index in [1.165, 1.54) is 12.1 Å². The molecule has 2 rings (SSSR count). The Balaban J connectivity index is 2.51. The smallest absolute Gasteiger partial charge is 0.270 e. The largest absolute Gasteiger partial charge is 0.313 e. The Bertz CT molecular complexity index is 710. The molecule has 0 bridgehead atoms. The molecule has 1 aromatic rings. The summed E-state index contributed by atoms with van der Waals surface area (Å²) in [5.41, 5.74) is 0.124. The van der Waals surface area contributed by atoms with Crippen LogP contribution in [0.2, 0.25) is 0 Å². The molecule has 1 saturated heterocycles. The molecular formula is C12H14N4O4S. The maximum atomic E-state index is 12.7. The predicted octanol–water partition coefficient (Wildman–Crippen LogP) is 0.389. The van der Waals surface area contributed by atoms with Crippen molar-refractivity contribution in [3.8, 4) is 6.07 Å². The Labute approximate surface area is 122 Å². The summed E-state index contributed by atoms with van der Waals surface area (Å²) in [5.74, 6) is 0. The Morgan fingerprint density at radius 2 is 2.24 bits per heavy atom. The molecule has 1 heterocycles. The van der Waals surface area contributed by atoms with Crippen LogP contribution in [0.5, 0.6) is 0 Å². The Hall–Kier alpha value is -2.02. The van der Waals surface area contributed by atoms with Gasteiger partial charge in [-0.05, 0) is 12.5 Å². The minimum absolute atomic E-state index is 0.126. The molecule has 0 aliphatic carbocycles. The van der Waals surface area contributed by atoms with Crippen molar-refractivity contribution in [2.75, 3.05) is 19.6 Å². The fraction of sp³-hybridized carbons (Fsp3) is 0.417. The topological polar surface area (TPSA) is 116 Å². The fourth-order valence-corrected chi connectivity index (χ4v) is 3.98. The summed E-state index contributed by atoms with van der Waals surface area (Å²) in [4.78, 5) is 10.1. The van der Waals surface area contributed by atoms with Gasteiger partial charge in [-0.15, -0.1) is 0 Å². The number of hydrogen-bond acceptors (Lipinski definition) is 6. The van der Waals surface area contributed by atoms with Crippen molar-refractivity contribution in [1.29, 1.82) is 5.26 Å². The normalized spacial score (nSPS) is 19.9. The number of nitrogens with one attached hydrogen (secondary N) is 1. The highest BCUT2D eigenvalue weighted by Crippen LogP contribution is 2.26. The maximum absolute atomic E-state index is 12.7. The van der Waals surface area contributed by atoms with E-state index in [-0.39, 0.29) is 23.7 Å². The summed E-state index contributed by atoms with van der Waals surface area (Å²) in [6, 6.07) is 4.82. The molecule has 21 heavy (non-hydrogen) atoms. The second-order valence-corrected chi connectivity index (χ2v) is 6.53. The quantitative estimate of drug-likeness (QED) is 0.637. The number of aryl methyl sites for hydroxylation is 1. The van der Waals surface area contributed by atoms with Crippen LogP contribution in [0, 0.1) is 28.4 Å². The number of nitro benzene ring substituents is 1. The van der Waals surface area contributed by atoms with E-state index in [1.54, 1.807) is 6.92 Å². The first kappa shape index (κ1) is 15.4. The highest BCUT2D eigenvalue weighted by atomic mass is 32.2. The molecule has 8 nitrogen and oxygen atoms in total. The van der Waals surface area contributed by atoms with Crippen molar-refractivity contribution in [3.05, 3.63) is 33.9 Å². The van der Waals surface area contributed by atoms with E-state index in [0.717, 1.165) is 10.4 Å². The zero-order chi connectivity index (χ0) is 15.6. The van der Waals surface area contributed by atoms with Gasteiger partial charge >= 0.3 is 0 Å². The summed E-state index contributed by atoms with van der Waals surface area (Å²) in [6.07, 6.45) is 0. The van der Waals surface area contributed by atoms with Gasteiger partial charge in [0.25, 0.3) is 5.69 Å². The molecule has 0 aromatic heterocycles. The summed E-state index contributed by atoms with van der Waals surface area (Å²) in [5, 5.41) is 22.8. The molecule has 1 aliphatic heterocycles. The van der Waals surface area contributed by atoms with E-state index in [1.807, 2.05) is 6.07 Å². The van der Waals surface area contributed by atoms with Gasteiger partial charge < -0.3 is 5.32 Å². The van der Waals surface area contributed by atoms with Crippen molar-refractivity contribution < 1.29 is 13.3 Å². The third-order valence-electron chi connectivity index (χ3n) is 3.31. The van der Waals surface area contributed by atoms with E-state index in [2.05, 4.69) is 5.32 Å². The van der Waals surface area contributed by atoms with E-state index in [9.17, 15) is 18.5 Å². The zero-order valence-corrected chi connectivity index (χ0v) is 12.1. The number of piperazine rings is 1. The van der Waals surface area contributed by atoms with Gasteiger partial charge in [0.05, 0.1) is 15.9 Å². The summed E-state index contributed by atoms with van der Waals surface area (Å²) in [6.45, 7) is 2.40. The lowest BCUT2D eigenvalue weighted by atomic mass is 10.2. The lowest BCUT2D eigenvalue weighted by Crippen LogP contribution is -2.52. The third-order valence-corrected chi connectivity index (χ3v) is 5.36. The van der Waals surface area contributed by atoms with Gasteiger partial charge in [-0.1, -0.05) is 6.07 Å². The van der Waals surface area contributed by atoms with Crippen molar-refractivity contribution >= 4 is 15.7 Å². The molecule has 0 spiro atoms. The fourth-order valence-electron chi connectivity index (χ4n) is 2.19. The third kappa shape index (κ3) is 2.87. The number of nitro groups is 1. The van der Waals surface area contributed by atoms with Crippen molar-refractivity contribution in [3.63, 3.8) is 0 Å². The Morgan fingerprint density at radius 3 is 2.86 bits per heavy atom. The van der Waals surface area contributed by atoms with Gasteiger partial charge in [0.15, 0.2) is 0 Å². The second kappa shape index (κ2) is 5.77. The number of benzene rings is 1. The number of nitrogens with zero attached hydrogens (tertiary/aromatic N) is 3. The maximum Gasteiger partial charge on any atom is 0.270 e. The monoisotopic (exact) mass is 310 g/mol. The summed E-state index contributed by atoms with van der Waals surface area (Å²) in [7, 11) is -3.94. The summed E-state index contributed by atoms with van der Waals surface area (Å²) >= 11 is 0. The van der Waals surface area contributed by atoms with Crippen LogP contribution in [0.3, 0.4) is 0 Å². The average Bonchev–Trinajstić information content (AvgIpc) is 2.47. The Morgan fingerprint density at radius 1 is 1.52 bits per heavy atom. The van der Waals surface area contributed by atoms with E-state index < -0.39 is 21.0 Å². The first-order valence-electron chi connectivity index (χ1n) is 6.25. The minimum Gasteiger partial charge on any atom is -0.313 e. The first-order valence-corrected chi connectivity index (χ1v) is 7.69. The van der Waals surface area contributed by atoms with Gasteiger partial charge in [0, 0.05) is 31.8 Å². The number of hydrogen-bond donors (Lipinski definition) is 1. The molecule has 0 radical (unpaired) electrons. The van der Waals surface area contributed by atoms with Gasteiger partial charge in [-0.25, -0.2) is 8.42 Å². The standard InChI is InChI=1S/C12H14N4O4S/c1-9-2-3-10(16(17)18)6-12(9)21(19,20)15-5-4-14-8-11(15)7-13/h2-3,6,11,14H,4-5,8H2,1H3. The van der Waals surface area contributed by atoms with Crippen LogP contribution in [0.4, 0.5) is 5.69 Å². The lowest BCUT2D eigenvalue weighted by molar-refractivity contribution is -0.385. The van der Waals surface area contributed by atoms with Crippen LogP contribution >= 0.6 is 0 Å². The molecule has 0 amide bonds. The Kier molecular flexibility index (Phi) is 4.22. The van der Waals surface area contributed by atoms with E-state index in [0.29, 0.717) is 12.1 Å². The van der Waals surface area contributed by atoms with Crippen LogP contribution in [0.15, 0.2) is 23.1 Å². The minimum atomic E-state index is -3.94.